The normalized spacial score (nSPS) is 12.5. The predicted molar refractivity (Wildman–Crippen MR) is 94.1 cm³/mol. The van der Waals surface area contributed by atoms with E-state index < -0.39 is 0 Å². The molecule has 0 aliphatic carbocycles. The molecule has 0 heterocycles. The van der Waals surface area contributed by atoms with Gasteiger partial charge in [-0.1, -0.05) is 54.1 Å². The zero-order valence-electron chi connectivity index (χ0n) is 12.8. The van der Waals surface area contributed by atoms with Crippen LogP contribution in [0.3, 0.4) is 0 Å². The van der Waals surface area contributed by atoms with Gasteiger partial charge in [-0.25, -0.2) is 0 Å². The number of aryl methyl sites for hydroxylation is 2. The molecular weight excluding hydrogens is 272 g/mol. The third kappa shape index (κ3) is 3.14. The molecule has 0 saturated carbocycles. The van der Waals surface area contributed by atoms with Crippen molar-refractivity contribution in [3.05, 3.63) is 77.4 Å². The first-order valence-electron chi connectivity index (χ1n) is 7.36. The maximum atomic E-state index is 2.31. The van der Waals surface area contributed by atoms with Gasteiger partial charge in [-0.05, 0) is 54.8 Å². The Morgan fingerprint density at radius 2 is 1.57 bits per heavy atom. The minimum atomic E-state index is 0.464. The smallest absolute Gasteiger partial charge is 0.0319 e. The molecule has 3 rings (SSSR count). The Morgan fingerprint density at radius 3 is 2.38 bits per heavy atom. The van der Waals surface area contributed by atoms with Gasteiger partial charge in [-0.3, -0.25) is 0 Å². The summed E-state index contributed by atoms with van der Waals surface area (Å²) in [6.07, 6.45) is 0. The van der Waals surface area contributed by atoms with Crippen molar-refractivity contribution in [3.8, 4) is 0 Å². The monoisotopic (exact) mass is 292 g/mol. The molecule has 0 nitrogen and oxygen atoms in total. The van der Waals surface area contributed by atoms with Crippen LogP contribution in [-0.4, -0.2) is 0 Å². The lowest BCUT2D eigenvalue weighted by molar-refractivity contribution is 1.06. The van der Waals surface area contributed by atoms with Crippen LogP contribution in [0.25, 0.3) is 10.8 Å². The van der Waals surface area contributed by atoms with E-state index in [4.69, 9.17) is 0 Å². The van der Waals surface area contributed by atoms with Crippen molar-refractivity contribution in [2.75, 3.05) is 0 Å². The Hall–Kier alpha value is -1.73. The Kier molecular flexibility index (Phi) is 4.03. The van der Waals surface area contributed by atoms with Gasteiger partial charge in [-0.2, -0.15) is 0 Å². The van der Waals surface area contributed by atoms with E-state index in [1.807, 2.05) is 11.8 Å². The molecular formula is C20H20S. The fraction of sp³-hybridized carbons (Fsp3) is 0.200. The summed E-state index contributed by atoms with van der Waals surface area (Å²) in [6.45, 7) is 6.66. The largest absolute Gasteiger partial charge is 0.118 e. The minimum absolute atomic E-state index is 0.464. The second kappa shape index (κ2) is 5.95. The number of hydrogen-bond donors (Lipinski definition) is 0. The van der Waals surface area contributed by atoms with E-state index in [2.05, 4.69) is 81.4 Å². The average Bonchev–Trinajstić information content (AvgIpc) is 2.49. The van der Waals surface area contributed by atoms with Crippen molar-refractivity contribution in [1.82, 2.24) is 0 Å². The van der Waals surface area contributed by atoms with E-state index in [1.165, 1.54) is 32.4 Å². The van der Waals surface area contributed by atoms with E-state index in [1.54, 1.807) is 0 Å². The zero-order valence-corrected chi connectivity index (χ0v) is 13.6. The van der Waals surface area contributed by atoms with Gasteiger partial charge < -0.3 is 0 Å². The van der Waals surface area contributed by atoms with Crippen LogP contribution in [0.2, 0.25) is 0 Å². The van der Waals surface area contributed by atoms with E-state index in [0.717, 1.165) is 0 Å². The fourth-order valence-corrected chi connectivity index (χ4v) is 3.84. The standard InChI is InChI=1S/C20H20S/c1-14-8-9-15(2)20(12-14)16(3)21-19-11-10-17-6-4-5-7-18(17)13-19/h4-13,16H,1-3H3/t16-/m0/s1. The summed E-state index contributed by atoms with van der Waals surface area (Å²) in [6, 6.07) is 22.0. The molecule has 0 radical (unpaired) electrons. The van der Waals surface area contributed by atoms with Crippen molar-refractivity contribution in [2.24, 2.45) is 0 Å². The molecule has 0 fully saturated rings. The third-order valence-corrected chi connectivity index (χ3v) is 5.04. The predicted octanol–water partition coefficient (Wildman–Crippen LogP) is 6.31. The molecule has 3 aromatic rings. The number of rotatable bonds is 3. The molecule has 0 bridgehead atoms. The van der Waals surface area contributed by atoms with Gasteiger partial charge in [0.15, 0.2) is 0 Å². The van der Waals surface area contributed by atoms with Gasteiger partial charge >= 0.3 is 0 Å². The minimum Gasteiger partial charge on any atom is -0.118 e. The lowest BCUT2D eigenvalue weighted by atomic mass is 10.0. The summed E-state index contributed by atoms with van der Waals surface area (Å²) in [4.78, 5) is 1.34. The van der Waals surface area contributed by atoms with Crippen LogP contribution in [0.4, 0.5) is 0 Å². The summed E-state index contributed by atoms with van der Waals surface area (Å²) in [7, 11) is 0. The first-order chi connectivity index (χ1) is 10.1. The fourth-order valence-electron chi connectivity index (χ4n) is 2.71. The van der Waals surface area contributed by atoms with Crippen LogP contribution in [0.5, 0.6) is 0 Å². The van der Waals surface area contributed by atoms with E-state index in [0.29, 0.717) is 5.25 Å². The Morgan fingerprint density at radius 1 is 0.810 bits per heavy atom. The Bertz CT molecular complexity index is 774. The topological polar surface area (TPSA) is 0 Å². The van der Waals surface area contributed by atoms with Gasteiger partial charge in [0.1, 0.15) is 0 Å². The number of thioether (sulfide) groups is 1. The van der Waals surface area contributed by atoms with Gasteiger partial charge in [0.2, 0.25) is 0 Å². The van der Waals surface area contributed by atoms with Crippen LogP contribution >= 0.6 is 11.8 Å². The number of fused-ring (bicyclic) bond motifs is 1. The first kappa shape index (κ1) is 14.2. The summed E-state index contributed by atoms with van der Waals surface area (Å²) in [5, 5.41) is 3.09. The third-order valence-electron chi connectivity index (χ3n) is 3.91. The van der Waals surface area contributed by atoms with Gasteiger partial charge in [0, 0.05) is 10.1 Å². The maximum absolute atomic E-state index is 2.31. The van der Waals surface area contributed by atoms with Crippen molar-refractivity contribution < 1.29 is 0 Å². The van der Waals surface area contributed by atoms with Crippen LogP contribution < -0.4 is 0 Å². The Labute approximate surface area is 131 Å². The SMILES string of the molecule is Cc1ccc(C)c([C@H](C)Sc2ccc3ccccc3c2)c1. The molecule has 0 unspecified atom stereocenters. The highest BCUT2D eigenvalue weighted by molar-refractivity contribution is 7.99. The Balaban J connectivity index is 1.88. The highest BCUT2D eigenvalue weighted by Gasteiger charge is 2.10. The molecule has 106 valence electrons. The molecule has 0 aliphatic heterocycles. The molecule has 0 spiro atoms. The van der Waals surface area contributed by atoms with Crippen LogP contribution in [0, 0.1) is 13.8 Å². The summed E-state index contributed by atoms with van der Waals surface area (Å²) in [5.41, 5.74) is 4.15. The second-order valence-corrected chi connectivity index (χ2v) is 7.04. The lowest BCUT2D eigenvalue weighted by Crippen LogP contribution is -1.93. The molecule has 1 atom stereocenters. The van der Waals surface area contributed by atoms with Gasteiger partial charge in [0.25, 0.3) is 0 Å². The second-order valence-electron chi connectivity index (χ2n) is 5.63. The molecule has 3 aromatic carbocycles. The zero-order chi connectivity index (χ0) is 14.8. The van der Waals surface area contributed by atoms with Crippen LogP contribution in [-0.2, 0) is 0 Å². The molecule has 1 heteroatoms. The molecule has 0 amide bonds. The van der Waals surface area contributed by atoms with Crippen molar-refractivity contribution in [3.63, 3.8) is 0 Å². The highest BCUT2D eigenvalue weighted by atomic mass is 32.2. The lowest BCUT2D eigenvalue weighted by Gasteiger charge is -2.15. The van der Waals surface area contributed by atoms with Crippen molar-refractivity contribution in [1.29, 1.82) is 0 Å². The highest BCUT2D eigenvalue weighted by Crippen LogP contribution is 2.37. The molecule has 21 heavy (non-hydrogen) atoms. The number of hydrogen-bond acceptors (Lipinski definition) is 1. The van der Waals surface area contributed by atoms with E-state index in [-0.39, 0.29) is 0 Å². The van der Waals surface area contributed by atoms with Gasteiger partial charge in [-0.15, -0.1) is 11.8 Å². The summed E-state index contributed by atoms with van der Waals surface area (Å²) >= 11 is 1.93. The van der Waals surface area contributed by atoms with E-state index >= 15 is 0 Å². The summed E-state index contributed by atoms with van der Waals surface area (Å²) in [5.74, 6) is 0. The van der Waals surface area contributed by atoms with E-state index in [9.17, 15) is 0 Å². The molecule has 0 saturated heterocycles. The van der Waals surface area contributed by atoms with Gasteiger partial charge in [0.05, 0.1) is 0 Å². The van der Waals surface area contributed by atoms with Crippen LogP contribution in [0.15, 0.2) is 65.6 Å². The average molecular weight is 292 g/mol. The molecule has 0 N–H and O–H groups in total. The van der Waals surface area contributed by atoms with Crippen molar-refractivity contribution >= 4 is 22.5 Å². The molecule has 0 aliphatic rings. The first-order valence-corrected chi connectivity index (χ1v) is 8.24. The number of benzene rings is 3. The maximum Gasteiger partial charge on any atom is 0.0319 e. The van der Waals surface area contributed by atoms with Crippen LogP contribution in [0.1, 0.15) is 28.9 Å². The quantitative estimate of drug-likeness (QED) is 0.510. The molecule has 0 aromatic heterocycles. The van der Waals surface area contributed by atoms with Crippen molar-refractivity contribution in [2.45, 2.75) is 30.9 Å². The summed E-state index contributed by atoms with van der Waals surface area (Å²) < 4.78 is 0.